The highest BCUT2D eigenvalue weighted by Gasteiger charge is 2.21. The molecule has 1 N–H and O–H groups in total. The molecule has 0 bridgehead atoms. The van der Waals surface area contributed by atoms with E-state index in [2.05, 4.69) is 5.32 Å². The lowest BCUT2D eigenvalue weighted by molar-refractivity contribution is 0.102. The maximum Gasteiger partial charge on any atom is 0.264 e. The van der Waals surface area contributed by atoms with Crippen molar-refractivity contribution in [1.29, 1.82) is 0 Å². The fourth-order valence-corrected chi connectivity index (χ4v) is 5.42. The molecule has 0 saturated heterocycles. The molecule has 0 aromatic heterocycles. The van der Waals surface area contributed by atoms with Crippen LogP contribution in [-0.2, 0) is 10.0 Å². The Morgan fingerprint density at radius 3 is 2.09 bits per heavy atom. The standard InChI is InChI=1S/C27H24N2O3S2/c1-20-12-18-24(19-13-20)34(31,32)29(2)22-16-14-21(15-17-22)27(30)28-25-10-6-7-11-26(25)33-23-8-4-3-5-9-23/h3-19H,1-2H3,(H,28,30). The summed E-state index contributed by atoms with van der Waals surface area (Å²) in [7, 11) is -2.19. The molecule has 0 aliphatic rings. The van der Waals surface area contributed by atoms with E-state index in [0.717, 1.165) is 15.4 Å². The molecule has 4 rings (SSSR count). The summed E-state index contributed by atoms with van der Waals surface area (Å²) >= 11 is 1.57. The zero-order chi connectivity index (χ0) is 24.1. The molecular formula is C27H24N2O3S2. The minimum Gasteiger partial charge on any atom is -0.321 e. The fraction of sp³-hybridized carbons (Fsp3) is 0.0741. The number of hydrogen-bond donors (Lipinski definition) is 1. The quantitative estimate of drug-likeness (QED) is 0.335. The third-order valence-corrected chi connectivity index (χ3v) is 8.16. The van der Waals surface area contributed by atoms with Crippen molar-refractivity contribution >= 4 is 39.1 Å². The van der Waals surface area contributed by atoms with Crippen LogP contribution in [0, 0.1) is 6.92 Å². The molecule has 0 aliphatic heterocycles. The summed E-state index contributed by atoms with van der Waals surface area (Å²) in [5.74, 6) is -0.267. The first-order chi connectivity index (χ1) is 16.3. The lowest BCUT2D eigenvalue weighted by Crippen LogP contribution is -2.26. The van der Waals surface area contributed by atoms with E-state index in [1.807, 2.05) is 61.5 Å². The van der Waals surface area contributed by atoms with Crippen molar-refractivity contribution in [2.75, 3.05) is 16.7 Å². The largest absolute Gasteiger partial charge is 0.321 e. The maximum atomic E-state index is 12.9. The predicted molar refractivity (Wildman–Crippen MR) is 138 cm³/mol. The number of anilines is 2. The number of para-hydroxylation sites is 1. The van der Waals surface area contributed by atoms with Crippen molar-refractivity contribution in [3.63, 3.8) is 0 Å². The molecule has 4 aromatic carbocycles. The van der Waals surface area contributed by atoms with Crippen molar-refractivity contribution in [3.05, 3.63) is 114 Å². The first-order valence-electron chi connectivity index (χ1n) is 10.6. The number of amides is 1. The summed E-state index contributed by atoms with van der Waals surface area (Å²) in [6.07, 6.45) is 0. The number of hydrogen-bond acceptors (Lipinski definition) is 4. The summed E-state index contributed by atoms with van der Waals surface area (Å²) in [4.78, 5) is 15.1. The fourth-order valence-electron chi connectivity index (χ4n) is 3.30. The molecule has 0 unspecified atom stereocenters. The van der Waals surface area contributed by atoms with Crippen molar-refractivity contribution < 1.29 is 13.2 Å². The van der Waals surface area contributed by atoms with E-state index in [1.165, 1.54) is 11.4 Å². The van der Waals surface area contributed by atoms with Gasteiger partial charge in [-0.2, -0.15) is 0 Å². The number of carbonyl (C=O) groups is 1. The van der Waals surface area contributed by atoms with Crippen molar-refractivity contribution in [3.8, 4) is 0 Å². The van der Waals surface area contributed by atoms with E-state index in [-0.39, 0.29) is 10.8 Å². The van der Waals surface area contributed by atoms with Gasteiger partial charge in [-0.3, -0.25) is 9.10 Å². The second kappa shape index (κ2) is 10.2. The number of nitrogens with zero attached hydrogens (tertiary/aromatic N) is 1. The number of benzene rings is 4. The molecule has 7 heteroatoms. The van der Waals surface area contributed by atoms with Crippen LogP contribution in [0.15, 0.2) is 118 Å². The van der Waals surface area contributed by atoms with Gasteiger partial charge in [0.1, 0.15) is 0 Å². The topological polar surface area (TPSA) is 66.5 Å². The van der Waals surface area contributed by atoms with E-state index >= 15 is 0 Å². The van der Waals surface area contributed by atoms with Crippen LogP contribution in [0.3, 0.4) is 0 Å². The third-order valence-electron chi connectivity index (χ3n) is 5.28. The zero-order valence-corrected chi connectivity index (χ0v) is 20.4. The van der Waals surface area contributed by atoms with Gasteiger partial charge in [0.25, 0.3) is 15.9 Å². The molecule has 0 aliphatic carbocycles. The van der Waals surface area contributed by atoms with Gasteiger partial charge in [-0.15, -0.1) is 0 Å². The Hall–Kier alpha value is -3.55. The van der Waals surface area contributed by atoms with E-state index in [9.17, 15) is 13.2 Å². The summed E-state index contributed by atoms with van der Waals surface area (Å²) < 4.78 is 27.1. The maximum absolute atomic E-state index is 12.9. The van der Waals surface area contributed by atoms with Crippen molar-refractivity contribution in [1.82, 2.24) is 0 Å². The average Bonchev–Trinajstić information content (AvgIpc) is 2.86. The van der Waals surface area contributed by atoms with Gasteiger partial charge >= 0.3 is 0 Å². The smallest absolute Gasteiger partial charge is 0.264 e. The van der Waals surface area contributed by atoms with Gasteiger partial charge in [-0.05, 0) is 67.6 Å². The molecule has 34 heavy (non-hydrogen) atoms. The molecule has 5 nitrogen and oxygen atoms in total. The van der Waals surface area contributed by atoms with Gasteiger partial charge in [-0.1, -0.05) is 59.8 Å². The SMILES string of the molecule is Cc1ccc(S(=O)(=O)N(C)c2ccc(C(=O)Nc3ccccc3Sc3ccccc3)cc2)cc1. The van der Waals surface area contributed by atoms with Crippen LogP contribution in [0.2, 0.25) is 0 Å². The van der Waals surface area contributed by atoms with Crippen LogP contribution in [0.1, 0.15) is 15.9 Å². The van der Waals surface area contributed by atoms with Gasteiger partial charge in [0.2, 0.25) is 0 Å². The van der Waals surface area contributed by atoms with E-state index in [1.54, 1.807) is 60.3 Å². The van der Waals surface area contributed by atoms with Crippen LogP contribution < -0.4 is 9.62 Å². The molecule has 0 spiro atoms. The molecule has 0 atom stereocenters. The number of carbonyl (C=O) groups excluding carboxylic acids is 1. The number of aryl methyl sites for hydroxylation is 1. The Kier molecular flexibility index (Phi) is 7.05. The summed E-state index contributed by atoms with van der Waals surface area (Å²) in [5.41, 5.74) is 2.60. The normalized spacial score (nSPS) is 11.1. The van der Waals surface area contributed by atoms with Crippen LogP contribution in [0.4, 0.5) is 11.4 Å². The molecule has 4 aromatic rings. The Labute approximate surface area is 204 Å². The molecule has 1 amide bonds. The number of rotatable bonds is 7. The highest BCUT2D eigenvalue weighted by atomic mass is 32.2. The minimum absolute atomic E-state index is 0.218. The summed E-state index contributed by atoms with van der Waals surface area (Å²) in [6.45, 7) is 1.91. The monoisotopic (exact) mass is 488 g/mol. The Morgan fingerprint density at radius 2 is 1.41 bits per heavy atom. The zero-order valence-electron chi connectivity index (χ0n) is 18.8. The molecular weight excluding hydrogens is 464 g/mol. The Morgan fingerprint density at radius 1 is 0.794 bits per heavy atom. The molecule has 0 fully saturated rings. The average molecular weight is 489 g/mol. The lowest BCUT2D eigenvalue weighted by Gasteiger charge is -2.20. The van der Waals surface area contributed by atoms with Gasteiger partial charge in [0.05, 0.1) is 16.3 Å². The summed E-state index contributed by atoms with van der Waals surface area (Å²) in [6, 6.07) is 30.8. The number of sulfonamides is 1. The molecule has 172 valence electrons. The van der Waals surface area contributed by atoms with E-state index in [4.69, 9.17) is 0 Å². The van der Waals surface area contributed by atoms with Crippen molar-refractivity contribution in [2.24, 2.45) is 0 Å². The van der Waals surface area contributed by atoms with Gasteiger partial charge in [-0.25, -0.2) is 8.42 Å². The molecule has 0 saturated carbocycles. The second-order valence-electron chi connectivity index (χ2n) is 7.70. The predicted octanol–water partition coefficient (Wildman–Crippen LogP) is 6.22. The van der Waals surface area contributed by atoms with Crippen LogP contribution in [0.25, 0.3) is 0 Å². The van der Waals surface area contributed by atoms with Crippen LogP contribution >= 0.6 is 11.8 Å². The van der Waals surface area contributed by atoms with Crippen LogP contribution in [-0.4, -0.2) is 21.4 Å². The van der Waals surface area contributed by atoms with Gasteiger partial charge in [0.15, 0.2) is 0 Å². The third kappa shape index (κ3) is 5.32. The Balaban J connectivity index is 1.49. The first-order valence-corrected chi connectivity index (χ1v) is 12.9. The van der Waals surface area contributed by atoms with E-state index < -0.39 is 10.0 Å². The van der Waals surface area contributed by atoms with Crippen LogP contribution in [0.5, 0.6) is 0 Å². The second-order valence-corrected chi connectivity index (χ2v) is 10.8. The number of nitrogens with one attached hydrogen (secondary N) is 1. The molecule has 0 heterocycles. The highest BCUT2D eigenvalue weighted by Crippen LogP contribution is 2.33. The lowest BCUT2D eigenvalue weighted by atomic mass is 10.2. The first kappa shape index (κ1) is 23.6. The highest BCUT2D eigenvalue weighted by molar-refractivity contribution is 7.99. The van der Waals surface area contributed by atoms with Gasteiger partial charge < -0.3 is 5.32 Å². The van der Waals surface area contributed by atoms with Gasteiger partial charge in [0, 0.05) is 22.4 Å². The minimum atomic E-state index is -3.70. The van der Waals surface area contributed by atoms with E-state index in [0.29, 0.717) is 16.9 Å². The van der Waals surface area contributed by atoms with Crippen molar-refractivity contribution in [2.45, 2.75) is 21.6 Å². The summed E-state index contributed by atoms with van der Waals surface area (Å²) in [5, 5.41) is 2.97. The molecule has 0 radical (unpaired) electrons. The Bertz CT molecular complexity index is 1390.